The Kier molecular flexibility index (Phi) is 5.51. The number of nitrogens with zero attached hydrogens (tertiary/aromatic N) is 1. The summed E-state index contributed by atoms with van der Waals surface area (Å²) in [6.45, 7) is 2.19. The van der Waals surface area contributed by atoms with Crippen LogP contribution in [0.4, 0.5) is 5.69 Å². The molecule has 6 nitrogen and oxygen atoms in total. The fourth-order valence-electron chi connectivity index (χ4n) is 2.74. The molecular weight excluding hydrogens is 330 g/mol. The number of anilines is 1. The summed E-state index contributed by atoms with van der Waals surface area (Å²) in [6, 6.07) is 12.7. The van der Waals surface area contributed by atoms with E-state index in [1.165, 1.54) is 6.07 Å². The maximum atomic E-state index is 12.1. The molecule has 0 unspecified atom stereocenters. The third-order valence-electron chi connectivity index (χ3n) is 4.38. The van der Waals surface area contributed by atoms with Crippen molar-refractivity contribution in [2.75, 3.05) is 5.32 Å². The first kappa shape index (κ1) is 17.9. The van der Waals surface area contributed by atoms with Crippen LogP contribution in [0.2, 0.25) is 0 Å². The van der Waals surface area contributed by atoms with Crippen LogP contribution in [0.1, 0.15) is 30.5 Å². The zero-order valence-corrected chi connectivity index (χ0v) is 14.8. The predicted molar refractivity (Wildman–Crippen MR) is 100.0 cm³/mol. The van der Waals surface area contributed by atoms with Crippen LogP contribution in [0, 0.1) is 6.92 Å². The fraction of sp³-hybridized carbons (Fsp3) is 0.350. The van der Waals surface area contributed by atoms with Gasteiger partial charge < -0.3 is 15.2 Å². The molecule has 0 aliphatic heterocycles. The molecule has 1 fully saturated rings. The third-order valence-corrected chi connectivity index (χ3v) is 4.38. The van der Waals surface area contributed by atoms with Gasteiger partial charge in [0.15, 0.2) is 0 Å². The van der Waals surface area contributed by atoms with Gasteiger partial charge in [-0.05, 0) is 43.5 Å². The first-order valence-corrected chi connectivity index (χ1v) is 8.86. The van der Waals surface area contributed by atoms with Crippen molar-refractivity contribution in [1.82, 2.24) is 9.88 Å². The van der Waals surface area contributed by atoms with Crippen LogP contribution in [0.5, 0.6) is 0 Å². The fourth-order valence-corrected chi connectivity index (χ4v) is 2.74. The summed E-state index contributed by atoms with van der Waals surface area (Å²) in [5, 5.41) is 5.77. The summed E-state index contributed by atoms with van der Waals surface area (Å²) in [4.78, 5) is 35.7. The second-order valence-electron chi connectivity index (χ2n) is 6.67. The summed E-state index contributed by atoms with van der Waals surface area (Å²) in [7, 11) is 0. The van der Waals surface area contributed by atoms with Crippen LogP contribution >= 0.6 is 0 Å². The molecule has 6 heteroatoms. The Balaban J connectivity index is 1.49. The van der Waals surface area contributed by atoms with Gasteiger partial charge in [-0.1, -0.05) is 18.2 Å². The van der Waals surface area contributed by atoms with E-state index < -0.39 is 0 Å². The molecule has 2 N–H and O–H groups in total. The minimum absolute atomic E-state index is 0.0351. The summed E-state index contributed by atoms with van der Waals surface area (Å²) < 4.78 is 1.58. The third kappa shape index (κ3) is 5.05. The number of benzene rings is 1. The quantitative estimate of drug-likeness (QED) is 0.799. The summed E-state index contributed by atoms with van der Waals surface area (Å²) in [5.74, 6) is -0.118. The van der Waals surface area contributed by atoms with Crippen molar-refractivity contribution in [3.63, 3.8) is 0 Å². The van der Waals surface area contributed by atoms with Gasteiger partial charge in [0.25, 0.3) is 5.56 Å². The molecule has 136 valence electrons. The van der Waals surface area contributed by atoms with Gasteiger partial charge in [-0.15, -0.1) is 0 Å². The highest BCUT2D eigenvalue weighted by atomic mass is 16.2. The maximum absolute atomic E-state index is 12.1. The van der Waals surface area contributed by atoms with E-state index in [-0.39, 0.29) is 23.8 Å². The van der Waals surface area contributed by atoms with Crippen molar-refractivity contribution in [2.45, 2.75) is 45.2 Å². The lowest BCUT2D eigenvalue weighted by molar-refractivity contribution is -0.120. The molecule has 1 aliphatic rings. The zero-order chi connectivity index (χ0) is 18.5. The Bertz CT molecular complexity index is 851. The lowest BCUT2D eigenvalue weighted by Gasteiger charge is -2.10. The number of hydrogen-bond donors (Lipinski definition) is 2. The van der Waals surface area contributed by atoms with Crippen molar-refractivity contribution in [3.8, 4) is 0 Å². The van der Waals surface area contributed by atoms with Crippen LogP contribution in [0.25, 0.3) is 0 Å². The van der Waals surface area contributed by atoms with Crippen LogP contribution < -0.4 is 16.2 Å². The molecule has 0 atom stereocenters. The Morgan fingerprint density at radius 2 is 1.81 bits per heavy atom. The second kappa shape index (κ2) is 7.99. The van der Waals surface area contributed by atoms with Gasteiger partial charge in [-0.2, -0.15) is 0 Å². The number of carbonyl (C=O) groups is 2. The van der Waals surface area contributed by atoms with Crippen molar-refractivity contribution < 1.29 is 9.59 Å². The Morgan fingerprint density at radius 3 is 2.46 bits per heavy atom. The highest BCUT2D eigenvalue weighted by molar-refractivity contribution is 5.90. The summed E-state index contributed by atoms with van der Waals surface area (Å²) in [6.07, 6.45) is 2.72. The molecule has 0 bridgehead atoms. The van der Waals surface area contributed by atoms with Gasteiger partial charge in [0, 0.05) is 36.5 Å². The number of hydrogen-bond acceptors (Lipinski definition) is 3. The lowest BCUT2D eigenvalue weighted by atomic mass is 10.1. The largest absolute Gasteiger partial charge is 0.353 e. The van der Waals surface area contributed by atoms with Crippen molar-refractivity contribution in [1.29, 1.82) is 0 Å². The van der Waals surface area contributed by atoms with E-state index in [0.717, 1.165) is 24.1 Å². The van der Waals surface area contributed by atoms with Crippen LogP contribution in [0.15, 0.2) is 47.3 Å². The maximum Gasteiger partial charge on any atom is 0.250 e. The minimum Gasteiger partial charge on any atom is -0.353 e. The van der Waals surface area contributed by atoms with Crippen molar-refractivity contribution >= 4 is 17.5 Å². The molecule has 1 saturated carbocycles. The Labute approximate surface area is 152 Å². The van der Waals surface area contributed by atoms with E-state index in [2.05, 4.69) is 10.6 Å². The van der Waals surface area contributed by atoms with E-state index in [9.17, 15) is 14.4 Å². The molecule has 2 aromatic rings. The van der Waals surface area contributed by atoms with E-state index in [1.807, 2.05) is 25.1 Å². The van der Waals surface area contributed by atoms with Crippen molar-refractivity contribution in [3.05, 3.63) is 64.1 Å². The normalized spacial score (nSPS) is 13.3. The van der Waals surface area contributed by atoms with Crippen LogP contribution in [-0.2, 0) is 22.6 Å². The Morgan fingerprint density at radius 1 is 1.08 bits per heavy atom. The van der Waals surface area contributed by atoms with E-state index in [1.54, 1.807) is 22.8 Å². The van der Waals surface area contributed by atoms with Gasteiger partial charge in [0.1, 0.15) is 0 Å². The smallest absolute Gasteiger partial charge is 0.250 e. The molecule has 1 aliphatic carbocycles. The number of rotatable bonds is 7. The number of carbonyl (C=O) groups excluding carboxylic acids is 2. The van der Waals surface area contributed by atoms with E-state index in [0.29, 0.717) is 24.7 Å². The molecule has 0 radical (unpaired) electrons. The molecule has 1 heterocycles. The molecule has 2 amide bonds. The summed E-state index contributed by atoms with van der Waals surface area (Å²) in [5.41, 5.74) is 2.32. The van der Waals surface area contributed by atoms with Gasteiger partial charge in [0.05, 0.1) is 6.42 Å². The number of nitrogens with one attached hydrogen (secondary N) is 2. The van der Waals surface area contributed by atoms with Gasteiger partial charge in [0.2, 0.25) is 11.8 Å². The number of aryl methyl sites for hydroxylation is 1. The number of amides is 2. The molecule has 1 aromatic carbocycles. The first-order chi connectivity index (χ1) is 12.5. The van der Waals surface area contributed by atoms with Crippen LogP contribution in [0.3, 0.4) is 0 Å². The number of pyridine rings is 1. The lowest BCUT2D eigenvalue weighted by Crippen LogP contribution is -2.26. The molecular formula is C20H23N3O3. The van der Waals surface area contributed by atoms with E-state index >= 15 is 0 Å². The first-order valence-electron chi connectivity index (χ1n) is 8.86. The Hall–Kier alpha value is -2.89. The second-order valence-corrected chi connectivity index (χ2v) is 6.67. The molecule has 26 heavy (non-hydrogen) atoms. The standard InChI is InChI=1S/C20H23N3O3/c1-14-3-2-4-20(26)23(14)12-11-18(24)21-16-7-5-15(6-8-16)13-19(25)22-17-9-10-17/h2-8,17H,9-13H2,1H3,(H,21,24)(H,22,25). The predicted octanol–water partition coefficient (Wildman–Crippen LogP) is 2.01. The van der Waals surface area contributed by atoms with Gasteiger partial charge in [-0.25, -0.2) is 0 Å². The van der Waals surface area contributed by atoms with Crippen molar-refractivity contribution in [2.24, 2.45) is 0 Å². The highest BCUT2D eigenvalue weighted by Gasteiger charge is 2.23. The topological polar surface area (TPSA) is 80.2 Å². The molecule has 0 spiro atoms. The van der Waals surface area contributed by atoms with Crippen LogP contribution in [-0.4, -0.2) is 22.4 Å². The average Bonchev–Trinajstić information content (AvgIpc) is 3.40. The SMILES string of the molecule is Cc1cccc(=O)n1CCC(=O)Nc1ccc(CC(=O)NC2CC2)cc1. The van der Waals surface area contributed by atoms with Gasteiger partial charge >= 0.3 is 0 Å². The summed E-state index contributed by atoms with van der Waals surface area (Å²) >= 11 is 0. The molecule has 3 rings (SSSR count). The van der Waals surface area contributed by atoms with E-state index in [4.69, 9.17) is 0 Å². The minimum atomic E-state index is -0.153. The highest BCUT2D eigenvalue weighted by Crippen LogP contribution is 2.19. The molecule has 0 saturated heterocycles. The monoisotopic (exact) mass is 353 g/mol. The molecule has 1 aromatic heterocycles. The van der Waals surface area contributed by atoms with Gasteiger partial charge in [-0.3, -0.25) is 14.4 Å². The number of aromatic nitrogens is 1. The zero-order valence-electron chi connectivity index (χ0n) is 14.8. The average molecular weight is 353 g/mol.